The molecule has 1 aromatic heterocycles. The van der Waals surface area contributed by atoms with Crippen molar-refractivity contribution in [2.75, 3.05) is 25.5 Å². The predicted molar refractivity (Wildman–Crippen MR) is 113 cm³/mol. The largest absolute Gasteiger partial charge is 0.356 e. The van der Waals surface area contributed by atoms with Crippen molar-refractivity contribution in [3.05, 3.63) is 45.7 Å². The molecular formula is C19H27BrN6O. The van der Waals surface area contributed by atoms with Crippen LogP contribution >= 0.6 is 15.9 Å². The Morgan fingerprint density at radius 1 is 1.22 bits per heavy atom. The second kappa shape index (κ2) is 10.1. The van der Waals surface area contributed by atoms with Crippen molar-refractivity contribution in [1.82, 2.24) is 20.4 Å². The van der Waals surface area contributed by atoms with E-state index in [9.17, 15) is 4.79 Å². The number of aryl methyl sites for hydroxylation is 4. The van der Waals surface area contributed by atoms with Crippen molar-refractivity contribution in [3.63, 3.8) is 0 Å². The highest BCUT2D eigenvalue weighted by molar-refractivity contribution is 9.10. The van der Waals surface area contributed by atoms with E-state index in [1.807, 2.05) is 36.7 Å². The maximum atomic E-state index is 12.2. The van der Waals surface area contributed by atoms with Gasteiger partial charge in [-0.1, -0.05) is 22.0 Å². The molecule has 0 radical (unpaired) electrons. The van der Waals surface area contributed by atoms with Crippen LogP contribution in [0.2, 0.25) is 0 Å². The number of aromatic nitrogens is 2. The zero-order valence-electron chi connectivity index (χ0n) is 16.3. The summed E-state index contributed by atoms with van der Waals surface area (Å²) in [6.45, 7) is 7.73. The number of hydrogen-bond acceptors (Lipinski definition) is 3. The molecular weight excluding hydrogens is 408 g/mol. The fraction of sp³-hybridized carbons (Fsp3) is 0.421. The lowest BCUT2D eigenvalue weighted by Gasteiger charge is -2.13. The third-order valence-electron chi connectivity index (χ3n) is 4.06. The quantitative estimate of drug-likeness (QED) is 0.355. The monoisotopic (exact) mass is 434 g/mol. The first-order chi connectivity index (χ1) is 12.9. The van der Waals surface area contributed by atoms with Gasteiger partial charge >= 0.3 is 0 Å². The first-order valence-corrected chi connectivity index (χ1v) is 9.70. The van der Waals surface area contributed by atoms with E-state index < -0.39 is 0 Å². The van der Waals surface area contributed by atoms with Crippen LogP contribution in [0.4, 0.5) is 5.69 Å². The molecule has 146 valence electrons. The van der Waals surface area contributed by atoms with Crippen molar-refractivity contribution < 1.29 is 4.79 Å². The minimum Gasteiger partial charge on any atom is -0.356 e. The molecule has 7 nitrogen and oxygen atoms in total. The van der Waals surface area contributed by atoms with E-state index in [-0.39, 0.29) is 12.5 Å². The maximum absolute atomic E-state index is 12.2. The molecule has 0 atom stereocenters. The summed E-state index contributed by atoms with van der Waals surface area (Å²) in [5.74, 6) is 0.478. The Hall–Kier alpha value is -2.35. The SMILES string of the molecule is CN=C(NCCCn1nc(C)cc1C)NCC(=O)Nc1cc(Br)ccc1C. The number of hydrogen-bond donors (Lipinski definition) is 3. The summed E-state index contributed by atoms with van der Waals surface area (Å²) in [6, 6.07) is 7.86. The maximum Gasteiger partial charge on any atom is 0.243 e. The molecule has 27 heavy (non-hydrogen) atoms. The van der Waals surface area contributed by atoms with Crippen LogP contribution in [-0.4, -0.2) is 41.8 Å². The van der Waals surface area contributed by atoms with Gasteiger partial charge in [-0.05, 0) is 51.0 Å². The van der Waals surface area contributed by atoms with Gasteiger partial charge in [-0.25, -0.2) is 0 Å². The fourth-order valence-electron chi connectivity index (χ4n) is 2.64. The van der Waals surface area contributed by atoms with Crippen molar-refractivity contribution in [3.8, 4) is 0 Å². The first kappa shape index (κ1) is 21.0. The molecule has 1 aromatic carbocycles. The van der Waals surface area contributed by atoms with Gasteiger partial charge in [0.15, 0.2) is 5.96 Å². The summed E-state index contributed by atoms with van der Waals surface area (Å²) in [7, 11) is 1.69. The van der Waals surface area contributed by atoms with Gasteiger partial charge in [0.25, 0.3) is 0 Å². The van der Waals surface area contributed by atoms with E-state index in [0.29, 0.717) is 5.96 Å². The molecule has 0 aliphatic rings. The van der Waals surface area contributed by atoms with Gasteiger partial charge < -0.3 is 16.0 Å². The van der Waals surface area contributed by atoms with E-state index in [1.165, 1.54) is 0 Å². The average Bonchev–Trinajstić information content (AvgIpc) is 2.95. The third-order valence-corrected chi connectivity index (χ3v) is 4.55. The molecule has 2 rings (SSSR count). The van der Waals surface area contributed by atoms with Gasteiger partial charge in [0.2, 0.25) is 5.91 Å². The topological polar surface area (TPSA) is 83.3 Å². The molecule has 1 heterocycles. The highest BCUT2D eigenvalue weighted by Crippen LogP contribution is 2.20. The summed E-state index contributed by atoms with van der Waals surface area (Å²) >= 11 is 3.42. The van der Waals surface area contributed by atoms with E-state index in [2.05, 4.69) is 55.0 Å². The lowest BCUT2D eigenvalue weighted by atomic mass is 10.2. The van der Waals surface area contributed by atoms with Crippen molar-refractivity contribution in [2.24, 2.45) is 4.99 Å². The Bertz CT molecular complexity index is 815. The highest BCUT2D eigenvalue weighted by Gasteiger charge is 2.07. The number of carbonyl (C=O) groups is 1. The van der Waals surface area contributed by atoms with Crippen LogP contribution in [0, 0.1) is 20.8 Å². The molecule has 0 aliphatic carbocycles. The summed E-state index contributed by atoms with van der Waals surface area (Å²) in [5, 5.41) is 13.6. The third kappa shape index (κ3) is 6.71. The Labute approximate surface area is 168 Å². The molecule has 0 aliphatic heterocycles. The van der Waals surface area contributed by atoms with Gasteiger partial charge in [-0.3, -0.25) is 14.5 Å². The number of aliphatic imine (C=N–C) groups is 1. The zero-order chi connectivity index (χ0) is 19.8. The summed E-state index contributed by atoms with van der Waals surface area (Å²) in [5.41, 5.74) is 4.00. The number of benzene rings is 1. The molecule has 8 heteroatoms. The van der Waals surface area contributed by atoms with Gasteiger partial charge in [-0.2, -0.15) is 5.10 Å². The highest BCUT2D eigenvalue weighted by atomic mass is 79.9. The number of nitrogens with zero attached hydrogens (tertiary/aromatic N) is 3. The van der Waals surface area contributed by atoms with Gasteiger partial charge in [0, 0.05) is 36.0 Å². The number of guanidine groups is 1. The van der Waals surface area contributed by atoms with E-state index in [0.717, 1.165) is 46.6 Å². The van der Waals surface area contributed by atoms with Gasteiger partial charge in [0.05, 0.1) is 12.2 Å². The van der Waals surface area contributed by atoms with Gasteiger partial charge in [-0.15, -0.1) is 0 Å². The molecule has 0 spiro atoms. The molecule has 0 unspecified atom stereocenters. The van der Waals surface area contributed by atoms with Crippen LogP contribution in [0.3, 0.4) is 0 Å². The number of halogens is 1. The van der Waals surface area contributed by atoms with E-state index in [4.69, 9.17) is 0 Å². The smallest absolute Gasteiger partial charge is 0.243 e. The van der Waals surface area contributed by atoms with Crippen LogP contribution in [0.5, 0.6) is 0 Å². The Morgan fingerprint density at radius 3 is 2.67 bits per heavy atom. The second-order valence-electron chi connectivity index (χ2n) is 6.36. The van der Waals surface area contributed by atoms with Gasteiger partial charge in [0.1, 0.15) is 0 Å². The van der Waals surface area contributed by atoms with Crippen LogP contribution in [0.25, 0.3) is 0 Å². The van der Waals surface area contributed by atoms with Crippen LogP contribution in [0.15, 0.2) is 33.7 Å². The molecule has 0 saturated heterocycles. The first-order valence-electron chi connectivity index (χ1n) is 8.90. The van der Waals surface area contributed by atoms with Crippen molar-refractivity contribution in [1.29, 1.82) is 0 Å². The number of amides is 1. The van der Waals surface area contributed by atoms with Crippen LogP contribution in [0.1, 0.15) is 23.4 Å². The number of carbonyl (C=O) groups excluding carboxylic acids is 1. The molecule has 0 saturated carbocycles. The standard InChI is InChI=1S/C19H27BrN6O/c1-13-6-7-16(20)11-17(13)24-18(27)12-23-19(21-4)22-8-5-9-26-15(3)10-14(2)25-26/h6-7,10-11H,5,8-9,12H2,1-4H3,(H,24,27)(H2,21,22,23). The molecule has 3 N–H and O–H groups in total. The van der Waals surface area contributed by atoms with Crippen molar-refractivity contribution >= 4 is 33.5 Å². The van der Waals surface area contributed by atoms with Crippen LogP contribution < -0.4 is 16.0 Å². The van der Waals surface area contributed by atoms with E-state index in [1.54, 1.807) is 7.05 Å². The fourth-order valence-corrected chi connectivity index (χ4v) is 3.01. The minimum atomic E-state index is -0.123. The number of nitrogens with one attached hydrogen (secondary N) is 3. The van der Waals surface area contributed by atoms with Crippen LogP contribution in [-0.2, 0) is 11.3 Å². The minimum absolute atomic E-state index is 0.123. The molecule has 2 aromatic rings. The zero-order valence-corrected chi connectivity index (χ0v) is 17.9. The number of rotatable bonds is 7. The second-order valence-corrected chi connectivity index (χ2v) is 7.28. The lowest BCUT2D eigenvalue weighted by molar-refractivity contribution is -0.115. The normalized spacial score (nSPS) is 11.4. The summed E-state index contributed by atoms with van der Waals surface area (Å²) in [6.07, 6.45) is 0.909. The summed E-state index contributed by atoms with van der Waals surface area (Å²) in [4.78, 5) is 16.3. The lowest BCUT2D eigenvalue weighted by Crippen LogP contribution is -2.41. The Balaban J connectivity index is 1.72. The molecule has 0 bridgehead atoms. The molecule has 1 amide bonds. The predicted octanol–water partition coefficient (Wildman–Crippen LogP) is 2.76. The Kier molecular flexibility index (Phi) is 7.84. The average molecular weight is 435 g/mol. The van der Waals surface area contributed by atoms with Crippen molar-refractivity contribution in [2.45, 2.75) is 33.7 Å². The summed E-state index contributed by atoms with van der Waals surface area (Å²) < 4.78 is 2.93. The van der Waals surface area contributed by atoms with E-state index >= 15 is 0 Å². The molecule has 0 fully saturated rings. The Morgan fingerprint density at radius 2 is 2.00 bits per heavy atom. The number of anilines is 1.